The van der Waals surface area contributed by atoms with Gasteiger partial charge in [-0.25, -0.2) is 0 Å². The van der Waals surface area contributed by atoms with Crippen LogP contribution in [0.15, 0.2) is 57.7 Å². The van der Waals surface area contributed by atoms with E-state index in [2.05, 4.69) is 21.2 Å². The molecular formula is C20H20N4O2. The van der Waals surface area contributed by atoms with Gasteiger partial charge in [0.2, 0.25) is 11.8 Å². The minimum Gasteiger partial charge on any atom is -0.419 e. The van der Waals surface area contributed by atoms with Crippen molar-refractivity contribution in [1.82, 2.24) is 19.7 Å². The lowest BCUT2D eigenvalue weighted by atomic mass is 9.83. The molecule has 0 saturated carbocycles. The number of nitrogens with zero attached hydrogens (tertiary/aromatic N) is 4. The summed E-state index contributed by atoms with van der Waals surface area (Å²) < 4.78 is 7.82. The first kappa shape index (κ1) is 15.5. The smallest absolute Gasteiger partial charge is 0.250 e. The highest BCUT2D eigenvalue weighted by Crippen LogP contribution is 2.35. The summed E-state index contributed by atoms with van der Waals surface area (Å²) in [4.78, 5) is 14.5. The van der Waals surface area contributed by atoms with E-state index < -0.39 is 0 Å². The van der Waals surface area contributed by atoms with Crippen molar-refractivity contribution in [2.75, 3.05) is 13.1 Å². The molecule has 1 aromatic carbocycles. The maximum atomic E-state index is 12.1. The number of benzene rings is 1. The summed E-state index contributed by atoms with van der Waals surface area (Å²) in [5.74, 6) is 2.11. The third-order valence-electron chi connectivity index (χ3n) is 5.40. The fourth-order valence-electron chi connectivity index (χ4n) is 4.33. The number of fused-ring (bicyclic) bond motifs is 4. The second kappa shape index (κ2) is 6.21. The molecule has 0 spiro atoms. The Kier molecular flexibility index (Phi) is 3.71. The number of piperidine rings is 1. The van der Waals surface area contributed by atoms with Crippen LogP contribution in [-0.4, -0.2) is 32.8 Å². The van der Waals surface area contributed by atoms with E-state index in [9.17, 15) is 4.79 Å². The first-order chi connectivity index (χ1) is 12.8. The van der Waals surface area contributed by atoms with E-state index >= 15 is 0 Å². The van der Waals surface area contributed by atoms with E-state index in [4.69, 9.17) is 4.42 Å². The average Bonchev–Trinajstić information content (AvgIpc) is 3.12. The maximum Gasteiger partial charge on any atom is 0.250 e. The quantitative estimate of drug-likeness (QED) is 0.728. The molecule has 4 heterocycles. The lowest BCUT2D eigenvalue weighted by Gasteiger charge is -2.42. The van der Waals surface area contributed by atoms with Crippen LogP contribution in [0.1, 0.15) is 23.9 Å². The SMILES string of the molecule is O=c1cccc2n1C[C@@H]1C[C@@H]2CN(Cc2nnc(-c3ccccc3)o2)C1. The van der Waals surface area contributed by atoms with Crippen molar-refractivity contribution in [3.05, 3.63) is 70.5 Å². The highest BCUT2D eigenvalue weighted by atomic mass is 16.4. The third kappa shape index (κ3) is 2.76. The van der Waals surface area contributed by atoms with Crippen molar-refractivity contribution in [1.29, 1.82) is 0 Å². The van der Waals surface area contributed by atoms with Gasteiger partial charge >= 0.3 is 0 Å². The summed E-state index contributed by atoms with van der Waals surface area (Å²) >= 11 is 0. The largest absolute Gasteiger partial charge is 0.419 e. The van der Waals surface area contributed by atoms with E-state index in [0.29, 0.717) is 30.2 Å². The number of aromatic nitrogens is 3. The van der Waals surface area contributed by atoms with E-state index in [1.54, 1.807) is 6.07 Å². The predicted molar refractivity (Wildman–Crippen MR) is 96.6 cm³/mol. The van der Waals surface area contributed by atoms with Crippen LogP contribution in [-0.2, 0) is 13.1 Å². The number of hydrogen-bond donors (Lipinski definition) is 0. The molecule has 6 nitrogen and oxygen atoms in total. The lowest BCUT2D eigenvalue weighted by molar-refractivity contribution is 0.106. The Morgan fingerprint density at radius 1 is 1.00 bits per heavy atom. The molecule has 1 fully saturated rings. The van der Waals surface area contributed by atoms with Gasteiger partial charge in [-0.05, 0) is 30.5 Å². The van der Waals surface area contributed by atoms with Crippen LogP contribution in [0.3, 0.4) is 0 Å². The molecule has 2 bridgehead atoms. The van der Waals surface area contributed by atoms with Crippen molar-refractivity contribution < 1.29 is 4.42 Å². The molecule has 1 saturated heterocycles. The van der Waals surface area contributed by atoms with Crippen LogP contribution in [0.4, 0.5) is 0 Å². The van der Waals surface area contributed by atoms with E-state index in [1.165, 1.54) is 0 Å². The molecule has 0 aliphatic carbocycles. The van der Waals surface area contributed by atoms with Gasteiger partial charge in [-0.3, -0.25) is 9.69 Å². The number of likely N-dealkylation sites (tertiary alicyclic amines) is 1. The van der Waals surface area contributed by atoms with Crippen LogP contribution < -0.4 is 5.56 Å². The third-order valence-corrected chi connectivity index (χ3v) is 5.40. The molecule has 2 atom stereocenters. The van der Waals surface area contributed by atoms with Crippen molar-refractivity contribution in [2.24, 2.45) is 5.92 Å². The van der Waals surface area contributed by atoms with Gasteiger partial charge in [0.05, 0.1) is 6.54 Å². The van der Waals surface area contributed by atoms with Crippen molar-refractivity contribution in [2.45, 2.75) is 25.4 Å². The van der Waals surface area contributed by atoms with Crippen molar-refractivity contribution in [3.8, 4) is 11.5 Å². The van der Waals surface area contributed by atoms with Gasteiger partial charge in [0, 0.05) is 42.9 Å². The van der Waals surface area contributed by atoms with Crippen LogP contribution in [0.5, 0.6) is 0 Å². The number of hydrogen-bond acceptors (Lipinski definition) is 5. The van der Waals surface area contributed by atoms with Gasteiger partial charge in [-0.1, -0.05) is 24.3 Å². The zero-order chi connectivity index (χ0) is 17.5. The zero-order valence-electron chi connectivity index (χ0n) is 14.4. The molecule has 0 radical (unpaired) electrons. The summed E-state index contributed by atoms with van der Waals surface area (Å²) in [6.07, 6.45) is 1.15. The summed E-state index contributed by atoms with van der Waals surface area (Å²) in [6.45, 7) is 3.34. The van der Waals surface area contributed by atoms with E-state index in [1.807, 2.05) is 41.0 Å². The molecular weight excluding hydrogens is 328 g/mol. The molecule has 26 heavy (non-hydrogen) atoms. The highest BCUT2D eigenvalue weighted by molar-refractivity contribution is 5.51. The van der Waals surface area contributed by atoms with Crippen molar-refractivity contribution >= 4 is 0 Å². The molecule has 2 aliphatic heterocycles. The van der Waals surface area contributed by atoms with Gasteiger partial charge in [0.15, 0.2) is 0 Å². The van der Waals surface area contributed by atoms with Crippen LogP contribution >= 0.6 is 0 Å². The van der Waals surface area contributed by atoms with Crippen LogP contribution in [0, 0.1) is 5.92 Å². The fourth-order valence-corrected chi connectivity index (χ4v) is 4.33. The molecule has 2 aromatic heterocycles. The Labute approximate surface area is 151 Å². The van der Waals surface area contributed by atoms with Gasteiger partial charge in [-0.15, -0.1) is 10.2 Å². The second-order valence-corrected chi connectivity index (χ2v) is 7.26. The standard InChI is InChI=1S/C20H20N4O2/c25-19-8-4-7-17-16-9-14(11-24(17)19)10-23(12-16)13-18-21-22-20(26-18)15-5-2-1-3-6-15/h1-8,14,16H,9-13H2/t14-,16-/m1/s1. The van der Waals surface area contributed by atoms with Crippen LogP contribution in [0.2, 0.25) is 0 Å². The molecule has 0 unspecified atom stereocenters. The molecule has 0 amide bonds. The number of rotatable bonds is 3. The summed E-state index contributed by atoms with van der Waals surface area (Å²) in [6, 6.07) is 15.5. The highest BCUT2D eigenvalue weighted by Gasteiger charge is 2.34. The molecule has 6 heteroatoms. The lowest BCUT2D eigenvalue weighted by Crippen LogP contribution is -2.46. The average molecular weight is 348 g/mol. The Balaban J connectivity index is 1.34. The van der Waals surface area contributed by atoms with E-state index in [-0.39, 0.29) is 5.56 Å². The Morgan fingerprint density at radius 2 is 1.88 bits per heavy atom. The first-order valence-electron chi connectivity index (χ1n) is 9.06. The molecule has 0 N–H and O–H groups in total. The van der Waals surface area contributed by atoms with Gasteiger partial charge in [0.25, 0.3) is 5.56 Å². The summed E-state index contributed by atoms with van der Waals surface area (Å²) in [5.41, 5.74) is 2.22. The topological polar surface area (TPSA) is 64.2 Å². The fraction of sp³-hybridized carbons (Fsp3) is 0.350. The van der Waals surface area contributed by atoms with Gasteiger partial charge in [0.1, 0.15) is 0 Å². The summed E-state index contributed by atoms with van der Waals surface area (Å²) in [7, 11) is 0. The molecule has 132 valence electrons. The predicted octanol–water partition coefficient (Wildman–Crippen LogP) is 2.52. The molecule has 5 rings (SSSR count). The Hall–Kier alpha value is -2.73. The first-order valence-corrected chi connectivity index (χ1v) is 9.06. The zero-order valence-corrected chi connectivity index (χ0v) is 14.4. The van der Waals surface area contributed by atoms with Crippen molar-refractivity contribution in [3.63, 3.8) is 0 Å². The Morgan fingerprint density at radius 3 is 2.77 bits per heavy atom. The number of pyridine rings is 1. The maximum absolute atomic E-state index is 12.1. The molecule has 2 aliphatic rings. The van der Waals surface area contributed by atoms with Crippen LogP contribution in [0.25, 0.3) is 11.5 Å². The monoisotopic (exact) mass is 348 g/mol. The Bertz CT molecular complexity index is 979. The second-order valence-electron chi connectivity index (χ2n) is 7.26. The minimum atomic E-state index is 0.120. The van der Waals surface area contributed by atoms with E-state index in [0.717, 1.165) is 37.3 Å². The molecule has 3 aromatic rings. The van der Waals surface area contributed by atoms with Gasteiger partial charge < -0.3 is 8.98 Å². The normalized spacial score (nSPS) is 22.2. The minimum absolute atomic E-state index is 0.120. The van der Waals surface area contributed by atoms with Gasteiger partial charge in [-0.2, -0.15) is 0 Å². The summed E-state index contributed by atoms with van der Waals surface area (Å²) in [5, 5.41) is 8.41.